The van der Waals surface area contributed by atoms with E-state index in [1.807, 2.05) is 12.1 Å². The number of hydrogen-bond acceptors (Lipinski definition) is 4. The van der Waals surface area contributed by atoms with Gasteiger partial charge in [0.25, 0.3) is 0 Å². The Labute approximate surface area is 126 Å². The van der Waals surface area contributed by atoms with Crippen LogP contribution in [0.25, 0.3) is 0 Å². The zero-order valence-corrected chi connectivity index (χ0v) is 13.0. The van der Waals surface area contributed by atoms with Gasteiger partial charge in [-0.15, -0.1) is 0 Å². The summed E-state index contributed by atoms with van der Waals surface area (Å²) in [5, 5.41) is 8.74. The lowest BCUT2D eigenvalue weighted by atomic mass is 9.99. The van der Waals surface area contributed by atoms with E-state index in [1.54, 1.807) is 12.1 Å². The molecule has 0 spiro atoms. The standard InChI is InChI=1S/C15H23N3O2S/c16-21(19,20)13-6-4-12(5-7-13)11-17-14-8-10-18-9-2-1-3-15(14)18/h4-7,14-15,17H,1-3,8-11H2,(H2,16,19,20). The maximum atomic E-state index is 11.2. The van der Waals surface area contributed by atoms with Gasteiger partial charge < -0.3 is 5.32 Å². The first-order valence-electron chi connectivity index (χ1n) is 7.63. The van der Waals surface area contributed by atoms with E-state index in [0.717, 1.165) is 12.1 Å². The van der Waals surface area contributed by atoms with Gasteiger partial charge in [-0.1, -0.05) is 18.6 Å². The SMILES string of the molecule is NS(=O)(=O)c1ccc(CNC2CCN3CCCCC23)cc1. The highest BCUT2D eigenvalue weighted by atomic mass is 32.2. The first kappa shape index (κ1) is 15.0. The predicted molar refractivity (Wildman–Crippen MR) is 82.3 cm³/mol. The molecular weight excluding hydrogens is 286 g/mol. The molecule has 0 saturated carbocycles. The molecule has 1 aromatic rings. The summed E-state index contributed by atoms with van der Waals surface area (Å²) in [5.41, 5.74) is 1.09. The van der Waals surface area contributed by atoms with Gasteiger partial charge in [0.2, 0.25) is 10.0 Å². The van der Waals surface area contributed by atoms with Crippen LogP contribution in [-0.2, 0) is 16.6 Å². The fourth-order valence-electron chi connectivity index (χ4n) is 3.53. The summed E-state index contributed by atoms with van der Waals surface area (Å²) in [7, 11) is -3.59. The second-order valence-corrected chi connectivity index (χ2v) is 7.63. The summed E-state index contributed by atoms with van der Waals surface area (Å²) in [6.07, 6.45) is 5.17. The quantitative estimate of drug-likeness (QED) is 0.872. The van der Waals surface area contributed by atoms with Gasteiger partial charge in [-0.25, -0.2) is 13.6 Å². The number of piperidine rings is 1. The molecule has 5 nitrogen and oxygen atoms in total. The summed E-state index contributed by atoms with van der Waals surface area (Å²) >= 11 is 0. The number of fused-ring (bicyclic) bond motifs is 1. The topological polar surface area (TPSA) is 75.4 Å². The Morgan fingerprint density at radius 2 is 1.90 bits per heavy atom. The van der Waals surface area contributed by atoms with Crippen molar-refractivity contribution in [2.75, 3.05) is 13.1 Å². The van der Waals surface area contributed by atoms with Crippen molar-refractivity contribution in [2.45, 2.75) is 49.2 Å². The molecule has 0 bridgehead atoms. The summed E-state index contributed by atoms with van der Waals surface area (Å²) in [6, 6.07) is 8.06. The van der Waals surface area contributed by atoms with Gasteiger partial charge in [-0.05, 0) is 43.5 Å². The molecule has 3 N–H and O–H groups in total. The molecule has 2 aliphatic rings. The van der Waals surface area contributed by atoms with Crippen LogP contribution in [0.3, 0.4) is 0 Å². The van der Waals surface area contributed by atoms with Crippen molar-refractivity contribution < 1.29 is 8.42 Å². The van der Waals surface area contributed by atoms with E-state index in [1.165, 1.54) is 38.8 Å². The third kappa shape index (κ3) is 3.45. The normalized spacial score (nSPS) is 26.7. The molecule has 2 heterocycles. The Morgan fingerprint density at radius 3 is 2.62 bits per heavy atom. The van der Waals surface area contributed by atoms with Crippen LogP contribution in [0.5, 0.6) is 0 Å². The molecule has 0 radical (unpaired) electrons. The summed E-state index contributed by atoms with van der Waals surface area (Å²) in [6.45, 7) is 3.22. The number of primary sulfonamides is 1. The number of hydrogen-bond donors (Lipinski definition) is 2. The Hall–Kier alpha value is -0.950. The number of nitrogens with two attached hydrogens (primary N) is 1. The van der Waals surface area contributed by atoms with E-state index in [-0.39, 0.29) is 4.90 Å². The van der Waals surface area contributed by atoms with Gasteiger partial charge in [0, 0.05) is 25.2 Å². The van der Waals surface area contributed by atoms with Gasteiger partial charge in [0.1, 0.15) is 0 Å². The first-order chi connectivity index (χ1) is 10.0. The molecule has 116 valence electrons. The van der Waals surface area contributed by atoms with Gasteiger partial charge >= 0.3 is 0 Å². The van der Waals surface area contributed by atoms with Crippen molar-refractivity contribution in [2.24, 2.45) is 5.14 Å². The summed E-state index contributed by atoms with van der Waals surface area (Å²) < 4.78 is 22.5. The molecular formula is C15H23N3O2S. The molecule has 2 fully saturated rings. The lowest BCUT2D eigenvalue weighted by Gasteiger charge is -2.32. The van der Waals surface area contributed by atoms with Crippen LogP contribution in [0.2, 0.25) is 0 Å². The lowest BCUT2D eigenvalue weighted by Crippen LogP contribution is -2.44. The zero-order chi connectivity index (χ0) is 14.9. The Bertz CT molecular complexity index is 585. The van der Waals surface area contributed by atoms with Crippen LogP contribution >= 0.6 is 0 Å². The molecule has 0 aromatic heterocycles. The van der Waals surface area contributed by atoms with Gasteiger partial charge in [0.05, 0.1) is 4.90 Å². The molecule has 2 saturated heterocycles. The largest absolute Gasteiger partial charge is 0.308 e. The lowest BCUT2D eigenvalue weighted by molar-refractivity contribution is 0.180. The van der Waals surface area contributed by atoms with Gasteiger partial charge in [-0.3, -0.25) is 4.90 Å². The fraction of sp³-hybridized carbons (Fsp3) is 0.600. The van der Waals surface area contributed by atoms with Crippen LogP contribution in [0.1, 0.15) is 31.2 Å². The predicted octanol–water partition coefficient (Wildman–Crippen LogP) is 1.05. The van der Waals surface area contributed by atoms with Crippen LogP contribution in [-0.4, -0.2) is 38.5 Å². The van der Waals surface area contributed by atoms with E-state index in [9.17, 15) is 8.42 Å². The summed E-state index contributed by atoms with van der Waals surface area (Å²) in [4.78, 5) is 2.77. The molecule has 21 heavy (non-hydrogen) atoms. The van der Waals surface area contributed by atoms with Crippen LogP contribution in [0.4, 0.5) is 0 Å². The molecule has 1 aromatic carbocycles. The number of rotatable bonds is 4. The minimum Gasteiger partial charge on any atom is -0.308 e. The first-order valence-corrected chi connectivity index (χ1v) is 9.18. The van der Waals surface area contributed by atoms with Gasteiger partial charge in [-0.2, -0.15) is 0 Å². The zero-order valence-electron chi connectivity index (χ0n) is 12.2. The Morgan fingerprint density at radius 1 is 1.14 bits per heavy atom. The van der Waals surface area contributed by atoms with E-state index >= 15 is 0 Å². The van der Waals surface area contributed by atoms with Crippen molar-refractivity contribution in [3.05, 3.63) is 29.8 Å². The van der Waals surface area contributed by atoms with Crippen molar-refractivity contribution in [3.8, 4) is 0 Å². The number of nitrogens with one attached hydrogen (secondary N) is 1. The van der Waals surface area contributed by atoms with E-state index in [2.05, 4.69) is 10.2 Å². The number of sulfonamides is 1. The Kier molecular flexibility index (Phi) is 4.31. The van der Waals surface area contributed by atoms with Crippen molar-refractivity contribution in [1.29, 1.82) is 0 Å². The molecule has 2 unspecified atom stereocenters. The average molecular weight is 309 g/mol. The second kappa shape index (κ2) is 6.04. The van der Waals surface area contributed by atoms with Crippen LogP contribution in [0.15, 0.2) is 29.2 Å². The number of benzene rings is 1. The molecule has 0 aliphatic carbocycles. The van der Waals surface area contributed by atoms with E-state index in [0.29, 0.717) is 12.1 Å². The molecule has 6 heteroatoms. The minimum atomic E-state index is -3.59. The van der Waals surface area contributed by atoms with Crippen LogP contribution < -0.4 is 10.5 Å². The van der Waals surface area contributed by atoms with Crippen LogP contribution in [0, 0.1) is 0 Å². The van der Waals surface area contributed by atoms with Gasteiger partial charge in [0.15, 0.2) is 0 Å². The minimum absolute atomic E-state index is 0.172. The van der Waals surface area contributed by atoms with Crippen molar-refractivity contribution >= 4 is 10.0 Å². The third-order valence-electron chi connectivity index (χ3n) is 4.68. The van der Waals surface area contributed by atoms with Crippen molar-refractivity contribution in [1.82, 2.24) is 10.2 Å². The maximum absolute atomic E-state index is 11.2. The van der Waals surface area contributed by atoms with E-state index in [4.69, 9.17) is 5.14 Å². The number of nitrogens with zero attached hydrogens (tertiary/aromatic N) is 1. The molecule has 3 rings (SSSR count). The summed E-state index contributed by atoms with van der Waals surface area (Å²) in [5.74, 6) is 0. The highest BCUT2D eigenvalue weighted by Crippen LogP contribution is 2.27. The highest BCUT2D eigenvalue weighted by Gasteiger charge is 2.34. The Balaban J connectivity index is 1.58. The fourth-order valence-corrected chi connectivity index (χ4v) is 4.05. The smallest absolute Gasteiger partial charge is 0.238 e. The average Bonchev–Trinajstić information content (AvgIpc) is 2.88. The van der Waals surface area contributed by atoms with E-state index < -0.39 is 10.0 Å². The highest BCUT2D eigenvalue weighted by molar-refractivity contribution is 7.89. The maximum Gasteiger partial charge on any atom is 0.238 e. The monoisotopic (exact) mass is 309 g/mol. The molecule has 2 aliphatic heterocycles. The third-order valence-corrected chi connectivity index (χ3v) is 5.61. The molecule has 0 amide bonds. The molecule has 2 atom stereocenters. The second-order valence-electron chi connectivity index (χ2n) is 6.06. The van der Waals surface area contributed by atoms with Crippen molar-refractivity contribution in [3.63, 3.8) is 0 Å².